The lowest BCUT2D eigenvalue weighted by molar-refractivity contribution is -0.0500. The molecular formula is C66H74B6F9N10O19S+5. The second kappa shape index (κ2) is 49.0. The summed E-state index contributed by atoms with van der Waals surface area (Å²) >= 11 is 0. The van der Waals surface area contributed by atoms with E-state index in [1.807, 2.05) is 51.1 Å². The SMILES string of the molecule is CB(O)OCc1cc(F)ccc1[N+]#N.CCCOB(OCc1cc(F)ccc1[N+]#N)OC(C)C.COB(C)OCc1cc(F)ccc1[N+]#N.N#[N+]c1ccc(F)cc1COB1OCC(c2ccccc2)O1.N#[N+]c1ccc(F)cc1COB1OCCO1.O=S(=O)(Oc1ccc(F)cc1COB1OCCCCO1)C(F)(F)F. The van der Waals surface area contributed by atoms with Crippen molar-refractivity contribution in [2.45, 2.75) is 111 Å². The van der Waals surface area contributed by atoms with Crippen LogP contribution in [0.15, 0.2) is 140 Å². The maximum atomic E-state index is 13.3. The summed E-state index contributed by atoms with van der Waals surface area (Å²) in [4.78, 5) is 15.2. The summed E-state index contributed by atoms with van der Waals surface area (Å²) in [5, 5.41) is 52.5. The van der Waals surface area contributed by atoms with Gasteiger partial charge in [-0.1, -0.05) is 37.3 Å². The fraction of sp³-hybridized carbons (Fsp3) is 0.364. The van der Waals surface area contributed by atoms with Crippen molar-refractivity contribution in [3.8, 4) is 5.75 Å². The second-order valence-electron chi connectivity index (χ2n) is 23.1. The summed E-state index contributed by atoms with van der Waals surface area (Å²) in [6, 6.07) is 31.1. The molecule has 3 aliphatic rings. The third-order valence-corrected chi connectivity index (χ3v) is 15.3. The van der Waals surface area contributed by atoms with E-state index < -0.39 is 99.3 Å². The molecule has 7 aromatic rings. The fourth-order valence-corrected chi connectivity index (χ4v) is 9.37. The molecule has 0 amide bonds. The van der Waals surface area contributed by atoms with Crippen LogP contribution in [0.25, 0.3) is 24.9 Å². The minimum absolute atomic E-state index is 0.00514. The van der Waals surface area contributed by atoms with Crippen LogP contribution in [0.4, 0.5) is 68.0 Å². The first-order valence-electron chi connectivity index (χ1n) is 33.5. The number of rotatable bonds is 27. The molecule has 45 heteroatoms. The zero-order chi connectivity index (χ0) is 81.3. The van der Waals surface area contributed by atoms with Gasteiger partial charge in [-0.2, -0.15) is 21.6 Å². The Bertz CT molecular complexity index is 4380. The molecule has 0 bridgehead atoms. The predicted molar refractivity (Wildman–Crippen MR) is 384 cm³/mol. The van der Waals surface area contributed by atoms with E-state index in [1.54, 1.807) is 6.82 Å². The van der Waals surface area contributed by atoms with E-state index in [2.05, 4.69) is 29.1 Å². The Labute approximate surface area is 635 Å². The quantitative estimate of drug-likeness (QED) is 0.0164. The van der Waals surface area contributed by atoms with Crippen LogP contribution in [-0.4, -0.2) is 115 Å². The lowest BCUT2D eigenvalue weighted by Gasteiger charge is -2.16. The molecule has 10 rings (SSSR count). The first-order valence-corrected chi connectivity index (χ1v) is 34.9. The van der Waals surface area contributed by atoms with Gasteiger partial charge < -0.3 is 79.0 Å². The van der Waals surface area contributed by atoms with E-state index >= 15 is 0 Å². The minimum Gasteiger partial charge on any atom is -0.427 e. The van der Waals surface area contributed by atoms with E-state index in [-0.39, 0.29) is 80.7 Å². The fourth-order valence-electron chi connectivity index (χ4n) is 8.87. The summed E-state index contributed by atoms with van der Waals surface area (Å²) in [5.74, 6) is -3.60. The van der Waals surface area contributed by atoms with Gasteiger partial charge >= 0.3 is 87.6 Å². The van der Waals surface area contributed by atoms with Crippen LogP contribution in [-0.2, 0) is 120 Å². The van der Waals surface area contributed by atoms with Crippen LogP contribution >= 0.6 is 0 Å². The van der Waals surface area contributed by atoms with Gasteiger partial charge in [-0.25, -0.2) is 26.3 Å². The smallest absolute Gasteiger partial charge is 0.427 e. The molecule has 0 radical (unpaired) electrons. The van der Waals surface area contributed by atoms with Gasteiger partial charge in [-0.05, 0) is 131 Å². The van der Waals surface area contributed by atoms with Crippen LogP contribution in [0.5, 0.6) is 5.75 Å². The molecule has 3 aliphatic heterocycles. The van der Waals surface area contributed by atoms with Gasteiger partial charge in [0.25, 0.3) is 0 Å². The molecule has 3 saturated heterocycles. The number of halogens is 9. The summed E-state index contributed by atoms with van der Waals surface area (Å²) in [6.07, 6.45) is 2.07. The van der Waals surface area contributed by atoms with Crippen molar-refractivity contribution >= 4 is 82.1 Å². The highest BCUT2D eigenvalue weighted by Gasteiger charge is 2.49. The summed E-state index contributed by atoms with van der Waals surface area (Å²) in [6.45, 7) is 11.2. The third kappa shape index (κ3) is 33.9. The van der Waals surface area contributed by atoms with Crippen LogP contribution < -0.4 is 4.18 Å². The molecule has 1 N–H and O–H groups in total. The zero-order valence-corrected chi connectivity index (χ0v) is 61.4. The van der Waals surface area contributed by atoms with Crippen LogP contribution in [0.3, 0.4) is 0 Å². The Morgan fingerprint density at radius 1 is 0.514 bits per heavy atom. The normalized spacial score (nSPS) is 13.7. The lowest BCUT2D eigenvalue weighted by Crippen LogP contribution is -2.30. The number of nitrogens with zero attached hydrogens (tertiary/aromatic N) is 10. The predicted octanol–water partition coefficient (Wildman–Crippen LogP) is 16.0. The molecule has 29 nitrogen and oxygen atoms in total. The van der Waals surface area contributed by atoms with Crippen molar-refractivity contribution in [1.82, 2.24) is 0 Å². The molecule has 111 heavy (non-hydrogen) atoms. The Balaban J connectivity index is 0.000000241. The molecule has 0 aromatic heterocycles. The zero-order valence-electron chi connectivity index (χ0n) is 60.6. The van der Waals surface area contributed by atoms with E-state index in [0.717, 1.165) is 43.0 Å². The summed E-state index contributed by atoms with van der Waals surface area (Å²) in [5.41, 5.74) is -1.42. The van der Waals surface area contributed by atoms with Gasteiger partial charge in [0, 0.05) is 68.9 Å². The average molecular weight is 1580 g/mol. The summed E-state index contributed by atoms with van der Waals surface area (Å²) in [7, 11) is -9.17. The average Bonchev–Trinajstić information content (AvgIpc) is 1.33. The molecule has 3 heterocycles. The molecule has 0 aliphatic carbocycles. The van der Waals surface area contributed by atoms with Crippen molar-refractivity contribution in [2.24, 2.45) is 0 Å². The van der Waals surface area contributed by atoms with E-state index in [0.29, 0.717) is 73.1 Å². The number of diazo groups is 5. The Morgan fingerprint density at radius 2 is 0.892 bits per heavy atom. The monoisotopic (exact) mass is 1580 g/mol. The molecule has 0 spiro atoms. The van der Waals surface area contributed by atoms with Gasteiger partial charge in [-0.3, -0.25) is 0 Å². The maximum absolute atomic E-state index is 13.3. The van der Waals surface area contributed by atoms with E-state index in [1.165, 1.54) is 105 Å². The second-order valence-corrected chi connectivity index (χ2v) is 24.7. The van der Waals surface area contributed by atoms with Crippen LogP contribution in [0, 0.1) is 61.9 Å². The minimum atomic E-state index is -5.88. The molecule has 3 fully saturated rings. The number of hydrogen-bond donors (Lipinski definition) is 1. The van der Waals surface area contributed by atoms with Crippen molar-refractivity contribution < 1.29 is 127 Å². The van der Waals surface area contributed by atoms with Crippen molar-refractivity contribution in [3.63, 3.8) is 0 Å². The van der Waals surface area contributed by atoms with Gasteiger partial charge in [0.1, 0.15) is 40.7 Å². The van der Waals surface area contributed by atoms with Crippen LogP contribution in [0.2, 0.25) is 13.6 Å². The first-order chi connectivity index (χ1) is 53.1. The molecule has 0 saturated carbocycles. The molecular weight excluding hydrogens is 1500 g/mol. The van der Waals surface area contributed by atoms with Gasteiger partial charge in [0.2, 0.25) is 27.0 Å². The van der Waals surface area contributed by atoms with Gasteiger partial charge in [0.05, 0.1) is 93.4 Å². The largest absolute Gasteiger partial charge is 0.640 e. The van der Waals surface area contributed by atoms with Crippen molar-refractivity contribution in [2.75, 3.05) is 46.8 Å². The highest BCUT2D eigenvalue weighted by Crippen LogP contribution is 2.32. The number of alkyl halides is 3. The topological polar surface area (TPSA) is 343 Å². The number of benzene rings is 7. The lowest BCUT2D eigenvalue weighted by atomic mass is 9.95. The highest BCUT2D eigenvalue weighted by molar-refractivity contribution is 7.88. The molecule has 584 valence electrons. The maximum Gasteiger partial charge on any atom is 0.640 e. The molecule has 1 atom stereocenters. The highest BCUT2D eigenvalue weighted by atomic mass is 32.2. The van der Waals surface area contributed by atoms with E-state index in [9.17, 15) is 47.9 Å². The number of hydrogen-bond acceptors (Lipinski definition) is 24. The molecule has 7 aromatic carbocycles. The molecule has 1 unspecified atom stereocenters. The first kappa shape index (κ1) is 92.1. The van der Waals surface area contributed by atoms with Crippen molar-refractivity contribution in [1.29, 1.82) is 27.0 Å². The third-order valence-electron chi connectivity index (χ3n) is 14.3. The Hall–Kier alpha value is -9.49. The van der Waals surface area contributed by atoms with Crippen LogP contribution in [0.1, 0.15) is 85.1 Å². The summed E-state index contributed by atoms with van der Waals surface area (Å²) < 4.78 is 220. The Morgan fingerprint density at radius 3 is 1.29 bits per heavy atom. The van der Waals surface area contributed by atoms with Gasteiger partial charge in [0.15, 0.2) is 24.9 Å². The van der Waals surface area contributed by atoms with E-state index in [4.69, 9.17) is 102 Å². The van der Waals surface area contributed by atoms with Crippen molar-refractivity contribution in [3.05, 3.63) is 238 Å². The Kier molecular flexibility index (Phi) is 40.7. The standard InChI is InChI=1S/C15H13BFN2O3.C13H19BFN2O3.C12H13BF4O6S.C9H9BFN2O3.C9H11BFN2O2.C8H9BFN2O2/c17-13-6-7-14(19-18)12(8-13)9-20-16-21-10-15(22-16)11-4-2-1-3-5-11;1-4-7-18-14(20-10(2)3)19-9-11-8-12(15)5-6-13(11)17-16;14-10-3-4-11(23-24(18,19)12(15,16)17)9(7-10)8-22-13-20-5-1-2-6-21-13;11-8-1-2-9(13-12)7(5-8)6-16-10-14-3-4-15-10;1-10(14-2)15-6-7-5-8(11)3-4-9(7)13-12;1-9(13)14-5-6-4-7(10)2-3-8(6)12-11/h1-8,15H,9-10H2;5-6,8,10H,4,7,9H2,1-3H3;3-4,7H,1-2,5-6,8H2;1-2,5H,3-4,6H2;3-5H,6H2,1-2H3;2-4,13H,5H2,1H3/q2*+1;;3*+1. The van der Waals surface area contributed by atoms with Gasteiger partial charge in [-0.15, -0.1) is 0 Å².